The molecule has 0 aliphatic rings. The van der Waals surface area contributed by atoms with E-state index >= 15 is 0 Å². The highest BCUT2D eigenvalue weighted by atomic mass is 15.2. The van der Waals surface area contributed by atoms with Crippen molar-refractivity contribution >= 4 is 16.6 Å². The van der Waals surface area contributed by atoms with Crippen LogP contribution in [-0.2, 0) is 6.42 Å². The predicted molar refractivity (Wildman–Crippen MR) is 86.4 cm³/mol. The highest BCUT2D eigenvalue weighted by Gasteiger charge is 2.13. The molecule has 0 radical (unpaired) electrons. The second-order valence-corrected chi connectivity index (χ2v) is 5.08. The van der Waals surface area contributed by atoms with Crippen molar-refractivity contribution in [1.29, 1.82) is 0 Å². The molecule has 0 amide bonds. The number of benzene rings is 2. The van der Waals surface area contributed by atoms with Crippen molar-refractivity contribution in [3.8, 4) is 0 Å². The molecule has 106 valence electrons. The minimum Gasteiger partial charge on any atom is -0.383 e. The summed E-state index contributed by atoms with van der Waals surface area (Å²) in [6, 6.07) is 18.5. The van der Waals surface area contributed by atoms with E-state index in [0.717, 1.165) is 11.1 Å². The Balaban J connectivity index is 1.93. The van der Waals surface area contributed by atoms with Gasteiger partial charge < -0.3 is 5.73 Å². The standard InChI is InChI=1S/C17H18N4/c18-17-15(6-3-9-20-17)11-16(21-19)14-8-7-12-4-1-2-5-13(12)10-14/h1-10,16,21H,11,19H2,(H2,18,20). The smallest absolute Gasteiger partial charge is 0.126 e. The molecule has 2 aromatic carbocycles. The molecule has 5 N–H and O–H groups in total. The second kappa shape index (κ2) is 5.91. The molecule has 0 aliphatic heterocycles. The van der Waals surface area contributed by atoms with Crippen LogP contribution in [0.25, 0.3) is 10.8 Å². The van der Waals surface area contributed by atoms with Gasteiger partial charge in [-0.2, -0.15) is 0 Å². The second-order valence-electron chi connectivity index (χ2n) is 5.08. The average molecular weight is 278 g/mol. The number of rotatable bonds is 4. The number of hydrazine groups is 1. The molecule has 0 fully saturated rings. The number of hydrogen-bond donors (Lipinski definition) is 3. The van der Waals surface area contributed by atoms with Gasteiger partial charge in [0.1, 0.15) is 5.82 Å². The van der Waals surface area contributed by atoms with Crippen LogP contribution in [0.4, 0.5) is 5.82 Å². The Kier molecular flexibility index (Phi) is 3.81. The van der Waals surface area contributed by atoms with Crippen LogP contribution in [0.3, 0.4) is 0 Å². The van der Waals surface area contributed by atoms with Crippen molar-refractivity contribution < 1.29 is 0 Å². The number of anilines is 1. The molecule has 0 saturated carbocycles. The van der Waals surface area contributed by atoms with Gasteiger partial charge in [0.05, 0.1) is 6.04 Å². The van der Waals surface area contributed by atoms with Crippen LogP contribution in [0.2, 0.25) is 0 Å². The lowest BCUT2D eigenvalue weighted by Crippen LogP contribution is -2.29. The fourth-order valence-corrected chi connectivity index (χ4v) is 2.54. The zero-order valence-corrected chi connectivity index (χ0v) is 11.7. The molecule has 3 aromatic rings. The normalized spacial score (nSPS) is 12.4. The summed E-state index contributed by atoms with van der Waals surface area (Å²) >= 11 is 0. The van der Waals surface area contributed by atoms with E-state index in [-0.39, 0.29) is 6.04 Å². The molecular formula is C17H18N4. The molecule has 1 heterocycles. The third kappa shape index (κ3) is 2.86. The third-order valence-electron chi connectivity index (χ3n) is 3.73. The molecular weight excluding hydrogens is 260 g/mol. The van der Waals surface area contributed by atoms with Crippen molar-refractivity contribution in [2.45, 2.75) is 12.5 Å². The summed E-state index contributed by atoms with van der Waals surface area (Å²) in [4.78, 5) is 4.12. The summed E-state index contributed by atoms with van der Waals surface area (Å²) in [5, 5.41) is 2.42. The SMILES string of the molecule is NNC(Cc1cccnc1N)c1ccc2ccccc2c1. The molecule has 0 bridgehead atoms. The van der Waals surface area contributed by atoms with Gasteiger partial charge in [-0.25, -0.2) is 4.98 Å². The fourth-order valence-electron chi connectivity index (χ4n) is 2.54. The maximum Gasteiger partial charge on any atom is 0.126 e. The summed E-state index contributed by atoms with van der Waals surface area (Å²) in [6.45, 7) is 0. The molecule has 0 saturated heterocycles. The fraction of sp³-hybridized carbons (Fsp3) is 0.118. The maximum absolute atomic E-state index is 5.91. The zero-order chi connectivity index (χ0) is 14.7. The number of nitrogen functional groups attached to an aromatic ring is 1. The summed E-state index contributed by atoms with van der Waals surface area (Å²) < 4.78 is 0. The summed E-state index contributed by atoms with van der Waals surface area (Å²) in [6.07, 6.45) is 2.40. The summed E-state index contributed by atoms with van der Waals surface area (Å²) in [5.41, 5.74) is 10.9. The molecule has 4 nitrogen and oxygen atoms in total. The number of aromatic nitrogens is 1. The van der Waals surface area contributed by atoms with Gasteiger partial charge in [0.2, 0.25) is 0 Å². The van der Waals surface area contributed by atoms with Gasteiger partial charge in [-0.15, -0.1) is 0 Å². The highest BCUT2D eigenvalue weighted by Crippen LogP contribution is 2.24. The van der Waals surface area contributed by atoms with Crippen LogP contribution < -0.4 is 17.0 Å². The number of fused-ring (bicyclic) bond motifs is 1. The average Bonchev–Trinajstić information content (AvgIpc) is 2.54. The first kappa shape index (κ1) is 13.5. The molecule has 21 heavy (non-hydrogen) atoms. The third-order valence-corrected chi connectivity index (χ3v) is 3.73. The van der Waals surface area contributed by atoms with Crippen LogP contribution in [0.1, 0.15) is 17.2 Å². The number of pyridine rings is 1. The van der Waals surface area contributed by atoms with Crippen LogP contribution in [0, 0.1) is 0 Å². The predicted octanol–water partition coefficient (Wildman–Crippen LogP) is 2.56. The molecule has 1 aromatic heterocycles. The van der Waals surface area contributed by atoms with E-state index < -0.39 is 0 Å². The van der Waals surface area contributed by atoms with Crippen molar-refractivity contribution in [2.24, 2.45) is 5.84 Å². The van der Waals surface area contributed by atoms with E-state index in [1.54, 1.807) is 6.20 Å². The Hall–Kier alpha value is -2.43. The Bertz CT molecular complexity index is 754. The summed E-state index contributed by atoms with van der Waals surface area (Å²) in [5.74, 6) is 6.29. The Morgan fingerprint density at radius 3 is 2.57 bits per heavy atom. The van der Waals surface area contributed by atoms with Crippen molar-refractivity contribution in [3.63, 3.8) is 0 Å². The lowest BCUT2D eigenvalue weighted by atomic mass is 9.97. The van der Waals surface area contributed by atoms with Crippen LogP contribution in [0.5, 0.6) is 0 Å². The monoisotopic (exact) mass is 278 g/mol. The summed E-state index contributed by atoms with van der Waals surface area (Å²) in [7, 11) is 0. The molecule has 0 spiro atoms. The number of hydrogen-bond acceptors (Lipinski definition) is 4. The van der Waals surface area contributed by atoms with Crippen molar-refractivity contribution in [2.75, 3.05) is 5.73 Å². The minimum absolute atomic E-state index is 0.00102. The molecule has 0 aliphatic carbocycles. The lowest BCUT2D eigenvalue weighted by Gasteiger charge is -2.17. The quantitative estimate of drug-likeness (QED) is 0.506. The number of nitrogens with two attached hydrogens (primary N) is 2. The molecule has 1 unspecified atom stereocenters. The van der Waals surface area contributed by atoms with Crippen LogP contribution in [-0.4, -0.2) is 4.98 Å². The van der Waals surface area contributed by atoms with E-state index in [9.17, 15) is 0 Å². The van der Waals surface area contributed by atoms with Crippen LogP contribution >= 0.6 is 0 Å². The van der Waals surface area contributed by atoms with Crippen molar-refractivity contribution in [1.82, 2.24) is 10.4 Å². The Morgan fingerprint density at radius 1 is 1.00 bits per heavy atom. The minimum atomic E-state index is 0.00102. The number of nitrogens with one attached hydrogen (secondary N) is 1. The van der Waals surface area contributed by atoms with E-state index in [2.05, 4.69) is 40.7 Å². The van der Waals surface area contributed by atoms with Gasteiger partial charge in [-0.05, 0) is 40.5 Å². The van der Waals surface area contributed by atoms with Gasteiger partial charge in [0, 0.05) is 6.20 Å². The zero-order valence-electron chi connectivity index (χ0n) is 11.7. The van der Waals surface area contributed by atoms with Crippen LogP contribution in [0.15, 0.2) is 60.8 Å². The number of nitrogens with zero attached hydrogens (tertiary/aromatic N) is 1. The maximum atomic E-state index is 5.91. The van der Waals surface area contributed by atoms with Gasteiger partial charge >= 0.3 is 0 Å². The molecule has 3 rings (SSSR count). The van der Waals surface area contributed by atoms with E-state index in [0.29, 0.717) is 12.2 Å². The van der Waals surface area contributed by atoms with E-state index in [1.807, 2.05) is 24.3 Å². The van der Waals surface area contributed by atoms with E-state index in [4.69, 9.17) is 11.6 Å². The topological polar surface area (TPSA) is 77.0 Å². The van der Waals surface area contributed by atoms with Gasteiger partial charge in [-0.3, -0.25) is 11.3 Å². The first-order valence-electron chi connectivity index (χ1n) is 6.92. The van der Waals surface area contributed by atoms with E-state index in [1.165, 1.54) is 10.8 Å². The van der Waals surface area contributed by atoms with Gasteiger partial charge in [-0.1, -0.05) is 42.5 Å². The van der Waals surface area contributed by atoms with Crippen molar-refractivity contribution in [3.05, 3.63) is 71.9 Å². The largest absolute Gasteiger partial charge is 0.383 e. The Labute approximate surface area is 123 Å². The molecule has 4 heteroatoms. The Morgan fingerprint density at radius 2 is 1.81 bits per heavy atom. The van der Waals surface area contributed by atoms with Gasteiger partial charge in [0.25, 0.3) is 0 Å². The first-order valence-corrected chi connectivity index (χ1v) is 6.92. The van der Waals surface area contributed by atoms with Gasteiger partial charge in [0.15, 0.2) is 0 Å². The first-order chi connectivity index (χ1) is 10.3. The highest BCUT2D eigenvalue weighted by molar-refractivity contribution is 5.83. The molecule has 1 atom stereocenters. The lowest BCUT2D eigenvalue weighted by molar-refractivity contribution is 0.552.